The van der Waals surface area contributed by atoms with Crippen molar-refractivity contribution in [3.05, 3.63) is 29.3 Å². The van der Waals surface area contributed by atoms with Crippen molar-refractivity contribution in [2.24, 2.45) is 0 Å². The number of carbonyl (C=O) groups excluding carboxylic acids is 1. The molecule has 1 aliphatic carbocycles. The third-order valence-electron chi connectivity index (χ3n) is 6.21. The largest absolute Gasteiger partial charge is 0.337 e. The standard InChI is InChI=1S/C22H31N3OS/c26-21(15-23-18-10-4-2-1-3-5-11-18)25-14-8-9-17(16-25)22-24-19-12-6-7-13-20(19)27-22/h6-7,12-13,17-18,23H,1-5,8-11,14-16H2/p+1/t17-/m1/s1. The minimum atomic E-state index is 0.322. The third kappa shape index (κ3) is 4.88. The van der Waals surface area contributed by atoms with Crippen LogP contribution < -0.4 is 5.32 Å². The maximum absolute atomic E-state index is 12.8. The van der Waals surface area contributed by atoms with Crippen LogP contribution in [0.3, 0.4) is 0 Å². The van der Waals surface area contributed by atoms with Crippen molar-refractivity contribution < 1.29 is 10.1 Å². The Morgan fingerprint density at radius 1 is 1.07 bits per heavy atom. The number of nitrogens with two attached hydrogens (primary N) is 1. The fourth-order valence-corrected chi connectivity index (χ4v) is 5.68. The molecule has 2 aliphatic rings. The molecular weight excluding hydrogens is 354 g/mol. The van der Waals surface area contributed by atoms with Crippen molar-refractivity contribution in [1.82, 2.24) is 9.88 Å². The summed E-state index contributed by atoms with van der Waals surface area (Å²) in [6.45, 7) is 2.38. The first-order chi connectivity index (χ1) is 13.3. The van der Waals surface area contributed by atoms with Crippen LogP contribution in [0.15, 0.2) is 24.3 Å². The van der Waals surface area contributed by atoms with E-state index in [1.807, 2.05) is 6.07 Å². The summed E-state index contributed by atoms with van der Waals surface area (Å²) in [5, 5.41) is 3.53. The molecule has 5 heteroatoms. The van der Waals surface area contributed by atoms with Crippen LogP contribution in [0.1, 0.15) is 68.7 Å². The number of quaternary nitrogens is 1. The highest BCUT2D eigenvalue weighted by atomic mass is 32.1. The summed E-state index contributed by atoms with van der Waals surface area (Å²) in [6, 6.07) is 9.01. The van der Waals surface area contributed by atoms with E-state index in [2.05, 4.69) is 28.4 Å². The van der Waals surface area contributed by atoms with E-state index in [1.54, 1.807) is 11.3 Å². The molecule has 1 aromatic carbocycles. The molecule has 1 saturated heterocycles. The lowest BCUT2D eigenvalue weighted by atomic mass is 9.96. The van der Waals surface area contributed by atoms with Crippen LogP contribution >= 0.6 is 11.3 Å². The van der Waals surface area contributed by atoms with Gasteiger partial charge < -0.3 is 10.2 Å². The number of benzene rings is 1. The maximum Gasteiger partial charge on any atom is 0.277 e. The minimum Gasteiger partial charge on any atom is -0.337 e. The number of hydrogen-bond acceptors (Lipinski definition) is 3. The van der Waals surface area contributed by atoms with Gasteiger partial charge in [-0.15, -0.1) is 11.3 Å². The average molecular weight is 387 g/mol. The van der Waals surface area contributed by atoms with Crippen LogP contribution in [0, 0.1) is 0 Å². The Labute approximate surface area is 166 Å². The number of rotatable bonds is 4. The highest BCUT2D eigenvalue weighted by Crippen LogP contribution is 2.32. The Kier molecular flexibility index (Phi) is 6.40. The third-order valence-corrected chi connectivity index (χ3v) is 7.41. The smallest absolute Gasteiger partial charge is 0.277 e. The molecule has 2 N–H and O–H groups in total. The second kappa shape index (κ2) is 9.16. The summed E-state index contributed by atoms with van der Waals surface area (Å²) < 4.78 is 1.26. The predicted molar refractivity (Wildman–Crippen MR) is 111 cm³/mol. The lowest BCUT2D eigenvalue weighted by molar-refractivity contribution is -0.681. The molecule has 0 spiro atoms. The Balaban J connectivity index is 1.32. The Morgan fingerprint density at radius 3 is 2.67 bits per heavy atom. The normalized spacial score (nSPS) is 22.5. The van der Waals surface area contributed by atoms with E-state index in [9.17, 15) is 4.79 Å². The van der Waals surface area contributed by atoms with Gasteiger partial charge in [-0.05, 0) is 50.7 Å². The highest BCUT2D eigenvalue weighted by molar-refractivity contribution is 7.18. The number of piperidine rings is 1. The van der Waals surface area contributed by atoms with Gasteiger partial charge in [0.2, 0.25) is 0 Å². The van der Waals surface area contributed by atoms with Crippen LogP contribution in [-0.2, 0) is 4.79 Å². The van der Waals surface area contributed by atoms with Crippen LogP contribution in [-0.4, -0.2) is 41.5 Å². The van der Waals surface area contributed by atoms with Gasteiger partial charge in [0.25, 0.3) is 5.91 Å². The molecule has 0 bridgehead atoms. The molecule has 1 aliphatic heterocycles. The summed E-state index contributed by atoms with van der Waals surface area (Å²) in [4.78, 5) is 19.8. The fraction of sp³-hybridized carbons (Fsp3) is 0.636. The van der Waals surface area contributed by atoms with Crippen molar-refractivity contribution >= 4 is 27.5 Å². The fourth-order valence-electron chi connectivity index (χ4n) is 4.59. The first kappa shape index (κ1) is 18.9. The van der Waals surface area contributed by atoms with E-state index in [-0.39, 0.29) is 0 Å². The molecule has 1 saturated carbocycles. The van der Waals surface area contributed by atoms with Gasteiger partial charge in [-0.3, -0.25) is 4.79 Å². The maximum atomic E-state index is 12.8. The van der Waals surface area contributed by atoms with Crippen molar-refractivity contribution in [1.29, 1.82) is 0 Å². The average Bonchev–Trinajstić information content (AvgIpc) is 3.11. The van der Waals surface area contributed by atoms with Crippen molar-refractivity contribution in [3.63, 3.8) is 0 Å². The molecule has 1 atom stereocenters. The van der Waals surface area contributed by atoms with Gasteiger partial charge in [-0.25, -0.2) is 4.98 Å². The number of para-hydroxylation sites is 1. The Hall–Kier alpha value is -1.46. The summed E-state index contributed by atoms with van der Waals surface area (Å²) >= 11 is 1.80. The van der Waals surface area contributed by atoms with Gasteiger partial charge in [0.05, 0.1) is 21.3 Å². The molecule has 146 valence electrons. The first-order valence-corrected chi connectivity index (χ1v) is 11.6. The second-order valence-electron chi connectivity index (χ2n) is 8.24. The molecular formula is C22H32N3OS+. The minimum absolute atomic E-state index is 0.322. The van der Waals surface area contributed by atoms with Crippen molar-refractivity contribution in [2.75, 3.05) is 19.6 Å². The number of thiazole rings is 1. The Bertz CT molecular complexity index is 718. The molecule has 2 fully saturated rings. The van der Waals surface area contributed by atoms with E-state index in [1.165, 1.54) is 54.7 Å². The SMILES string of the molecule is O=C(C[NH2+]C1CCCCCCC1)N1CCC[C@@H](c2nc3ccccc3s2)C1. The monoisotopic (exact) mass is 386 g/mol. The molecule has 0 unspecified atom stereocenters. The van der Waals surface area contributed by atoms with Crippen LogP contribution in [0.5, 0.6) is 0 Å². The number of fused-ring (bicyclic) bond motifs is 1. The Morgan fingerprint density at radius 2 is 1.85 bits per heavy atom. The summed E-state index contributed by atoms with van der Waals surface area (Å²) in [7, 11) is 0. The topological polar surface area (TPSA) is 49.8 Å². The number of likely N-dealkylation sites (tertiary alicyclic amines) is 1. The van der Waals surface area contributed by atoms with Gasteiger partial charge in [-0.2, -0.15) is 0 Å². The van der Waals surface area contributed by atoms with E-state index in [0.29, 0.717) is 24.4 Å². The zero-order chi connectivity index (χ0) is 18.5. The van der Waals surface area contributed by atoms with E-state index < -0.39 is 0 Å². The summed E-state index contributed by atoms with van der Waals surface area (Å²) in [6.07, 6.45) is 11.6. The van der Waals surface area contributed by atoms with Crippen LogP contribution in [0.2, 0.25) is 0 Å². The second-order valence-corrected chi connectivity index (χ2v) is 9.31. The van der Waals surface area contributed by atoms with E-state index in [0.717, 1.165) is 31.4 Å². The van der Waals surface area contributed by atoms with Gasteiger partial charge >= 0.3 is 0 Å². The molecule has 27 heavy (non-hydrogen) atoms. The molecule has 2 aromatic rings. The van der Waals surface area contributed by atoms with Crippen LogP contribution in [0.25, 0.3) is 10.2 Å². The number of nitrogens with zero attached hydrogens (tertiary/aromatic N) is 2. The van der Waals surface area contributed by atoms with E-state index >= 15 is 0 Å². The summed E-state index contributed by atoms with van der Waals surface area (Å²) in [5.74, 6) is 0.726. The molecule has 1 amide bonds. The number of hydrogen-bond donors (Lipinski definition) is 1. The van der Waals surface area contributed by atoms with Crippen molar-refractivity contribution in [3.8, 4) is 0 Å². The van der Waals surface area contributed by atoms with Crippen molar-refractivity contribution in [2.45, 2.75) is 69.7 Å². The zero-order valence-corrected chi connectivity index (χ0v) is 17.1. The number of carbonyl (C=O) groups is 1. The zero-order valence-electron chi connectivity index (χ0n) is 16.2. The van der Waals surface area contributed by atoms with E-state index in [4.69, 9.17) is 4.98 Å². The quantitative estimate of drug-likeness (QED) is 0.871. The molecule has 0 radical (unpaired) electrons. The molecule has 1 aromatic heterocycles. The lowest BCUT2D eigenvalue weighted by Gasteiger charge is -2.31. The molecule has 2 heterocycles. The van der Waals surface area contributed by atoms with Gasteiger partial charge in [0.15, 0.2) is 6.54 Å². The highest BCUT2D eigenvalue weighted by Gasteiger charge is 2.28. The van der Waals surface area contributed by atoms with Gasteiger partial charge in [0, 0.05) is 19.0 Å². The molecule has 4 rings (SSSR count). The number of aromatic nitrogens is 1. The predicted octanol–water partition coefficient (Wildman–Crippen LogP) is 3.68. The summed E-state index contributed by atoms with van der Waals surface area (Å²) in [5.41, 5.74) is 1.10. The lowest BCUT2D eigenvalue weighted by Crippen LogP contribution is -2.92. The number of amides is 1. The van der Waals surface area contributed by atoms with Crippen LogP contribution in [0.4, 0.5) is 0 Å². The first-order valence-electron chi connectivity index (χ1n) is 10.8. The molecule has 4 nitrogen and oxygen atoms in total. The van der Waals surface area contributed by atoms with Gasteiger partial charge in [-0.1, -0.05) is 31.4 Å². The van der Waals surface area contributed by atoms with Gasteiger partial charge in [0.1, 0.15) is 0 Å².